The van der Waals surface area contributed by atoms with Crippen LogP contribution in [0.3, 0.4) is 0 Å². The molecule has 0 aromatic rings. The minimum absolute atomic E-state index is 0.000482. The Bertz CT molecular complexity index is 352. The zero-order valence-electron chi connectivity index (χ0n) is 11.1. The number of carbonyl (C=O) groups excluding carboxylic acids is 1. The molecule has 0 aromatic heterocycles. The molecule has 1 fully saturated rings. The number of nitrogens with one attached hydrogen (secondary N) is 1. The molecule has 0 aromatic carbocycles. The first-order valence-electron chi connectivity index (χ1n) is 6.52. The van der Waals surface area contributed by atoms with E-state index in [4.69, 9.17) is 5.26 Å². The fourth-order valence-electron chi connectivity index (χ4n) is 2.30. The Morgan fingerprint density at radius 1 is 1.26 bits per heavy atom. The average Bonchev–Trinajstić information content (AvgIpc) is 2.34. The van der Waals surface area contributed by atoms with Crippen LogP contribution in [0.5, 0.6) is 0 Å². The SMILES string of the molecule is CC(C)C(C#N)NC(=O)C1CCC(C(F)(F)F)CC1. The molecule has 1 amide bonds. The van der Waals surface area contributed by atoms with Crippen molar-refractivity contribution in [3.8, 4) is 6.07 Å². The zero-order valence-corrected chi connectivity index (χ0v) is 11.1. The summed E-state index contributed by atoms with van der Waals surface area (Å²) in [6.07, 6.45) is -3.67. The summed E-state index contributed by atoms with van der Waals surface area (Å²) in [6, 6.07) is 1.42. The maximum absolute atomic E-state index is 12.5. The van der Waals surface area contributed by atoms with Gasteiger partial charge in [0.05, 0.1) is 12.0 Å². The summed E-state index contributed by atoms with van der Waals surface area (Å²) in [5.41, 5.74) is 0. The van der Waals surface area contributed by atoms with Crippen molar-refractivity contribution in [3.05, 3.63) is 0 Å². The molecule has 108 valence electrons. The monoisotopic (exact) mass is 276 g/mol. The quantitative estimate of drug-likeness (QED) is 0.861. The molecule has 0 radical (unpaired) electrons. The van der Waals surface area contributed by atoms with E-state index in [0.717, 1.165) is 0 Å². The number of rotatable bonds is 3. The molecule has 1 aliphatic carbocycles. The standard InChI is InChI=1S/C13H19F3N2O/c1-8(2)11(7-17)18-12(19)9-3-5-10(6-4-9)13(14,15)16/h8-11H,3-6H2,1-2H3,(H,18,19). The summed E-state index contributed by atoms with van der Waals surface area (Å²) in [4.78, 5) is 11.9. The number of alkyl halides is 3. The van der Waals surface area contributed by atoms with Crippen molar-refractivity contribution in [2.45, 2.75) is 51.7 Å². The summed E-state index contributed by atoms with van der Waals surface area (Å²) in [7, 11) is 0. The highest BCUT2D eigenvalue weighted by Crippen LogP contribution is 2.39. The van der Waals surface area contributed by atoms with Crippen LogP contribution in [0.1, 0.15) is 39.5 Å². The highest BCUT2D eigenvalue weighted by molar-refractivity contribution is 5.79. The lowest BCUT2D eigenvalue weighted by atomic mass is 9.81. The maximum atomic E-state index is 12.5. The van der Waals surface area contributed by atoms with Crippen LogP contribution < -0.4 is 5.32 Å². The highest BCUT2D eigenvalue weighted by Gasteiger charge is 2.42. The van der Waals surface area contributed by atoms with Gasteiger partial charge >= 0.3 is 6.18 Å². The third kappa shape index (κ3) is 4.41. The number of hydrogen-bond donors (Lipinski definition) is 1. The Morgan fingerprint density at radius 2 is 1.79 bits per heavy atom. The van der Waals surface area contributed by atoms with Gasteiger partial charge in [-0.2, -0.15) is 18.4 Å². The minimum atomic E-state index is -4.16. The highest BCUT2D eigenvalue weighted by atomic mass is 19.4. The van der Waals surface area contributed by atoms with Crippen molar-refractivity contribution in [3.63, 3.8) is 0 Å². The minimum Gasteiger partial charge on any atom is -0.340 e. The van der Waals surface area contributed by atoms with Crippen LogP contribution in [0.2, 0.25) is 0 Å². The molecular formula is C13H19F3N2O. The molecule has 0 bridgehead atoms. The first-order chi connectivity index (χ1) is 8.75. The van der Waals surface area contributed by atoms with Crippen LogP contribution in [-0.4, -0.2) is 18.1 Å². The first-order valence-corrected chi connectivity index (χ1v) is 6.52. The normalized spacial score (nSPS) is 25.7. The largest absolute Gasteiger partial charge is 0.391 e. The molecule has 1 unspecified atom stereocenters. The van der Waals surface area contributed by atoms with Crippen LogP contribution in [0.15, 0.2) is 0 Å². The Morgan fingerprint density at radius 3 is 2.16 bits per heavy atom. The third-order valence-electron chi connectivity index (χ3n) is 3.66. The topological polar surface area (TPSA) is 52.9 Å². The van der Waals surface area contributed by atoms with Crippen LogP contribution in [0, 0.1) is 29.1 Å². The van der Waals surface area contributed by atoms with E-state index in [1.54, 1.807) is 0 Å². The second-order valence-corrected chi connectivity index (χ2v) is 5.45. The van der Waals surface area contributed by atoms with Crippen molar-refractivity contribution >= 4 is 5.91 Å². The van der Waals surface area contributed by atoms with Gasteiger partial charge in [0.1, 0.15) is 6.04 Å². The molecule has 3 nitrogen and oxygen atoms in total. The molecule has 0 heterocycles. The molecule has 1 atom stereocenters. The predicted octanol–water partition coefficient (Wildman–Crippen LogP) is 3.02. The second-order valence-electron chi connectivity index (χ2n) is 5.45. The summed E-state index contributed by atoms with van der Waals surface area (Å²) in [6.45, 7) is 3.63. The fraction of sp³-hybridized carbons (Fsp3) is 0.846. The second kappa shape index (κ2) is 6.27. The lowest BCUT2D eigenvalue weighted by Gasteiger charge is -2.29. The van der Waals surface area contributed by atoms with Gasteiger partial charge in [-0.3, -0.25) is 4.79 Å². The maximum Gasteiger partial charge on any atom is 0.391 e. The number of carbonyl (C=O) groups is 1. The van der Waals surface area contributed by atoms with Crippen LogP contribution in [0.4, 0.5) is 13.2 Å². The molecule has 1 aliphatic rings. The average molecular weight is 276 g/mol. The molecule has 19 heavy (non-hydrogen) atoms. The van der Waals surface area contributed by atoms with Gasteiger partial charge in [0.2, 0.25) is 5.91 Å². The lowest BCUT2D eigenvalue weighted by molar-refractivity contribution is -0.184. The van der Waals surface area contributed by atoms with E-state index in [1.807, 2.05) is 19.9 Å². The molecule has 0 spiro atoms. The molecule has 0 saturated heterocycles. The van der Waals surface area contributed by atoms with Crippen molar-refractivity contribution in [2.75, 3.05) is 0 Å². The van der Waals surface area contributed by atoms with E-state index in [1.165, 1.54) is 0 Å². The van der Waals surface area contributed by atoms with Gasteiger partial charge in [-0.1, -0.05) is 13.8 Å². The van der Waals surface area contributed by atoms with E-state index >= 15 is 0 Å². The molecule has 1 rings (SSSR count). The number of halogens is 3. The van der Waals surface area contributed by atoms with Crippen molar-refractivity contribution in [1.82, 2.24) is 5.32 Å². The smallest absolute Gasteiger partial charge is 0.340 e. The molecular weight excluding hydrogens is 257 g/mol. The number of hydrogen-bond acceptors (Lipinski definition) is 2. The fourth-order valence-corrected chi connectivity index (χ4v) is 2.30. The predicted molar refractivity (Wildman–Crippen MR) is 63.9 cm³/mol. The van der Waals surface area contributed by atoms with E-state index in [-0.39, 0.29) is 37.5 Å². The number of nitriles is 1. The lowest BCUT2D eigenvalue weighted by Crippen LogP contribution is -2.42. The van der Waals surface area contributed by atoms with Gasteiger partial charge in [0.25, 0.3) is 0 Å². The van der Waals surface area contributed by atoms with Gasteiger partial charge in [-0.15, -0.1) is 0 Å². The summed E-state index contributed by atoms with van der Waals surface area (Å²) < 4.78 is 37.5. The van der Waals surface area contributed by atoms with E-state index in [0.29, 0.717) is 0 Å². The number of amides is 1. The van der Waals surface area contributed by atoms with Crippen LogP contribution in [-0.2, 0) is 4.79 Å². The Kier molecular flexibility index (Phi) is 5.21. The Hall–Kier alpha value is -1.25. The van der Waals surface area contributed by atoms with Crippen LogP contribution in [0.25, 0.3) is 0 Å². The molecule has 6 heteroatoms. The van der Waals surface area contributed by atoms with Gasteiger partial charge < -0.3 is 5.32 Å². The third-order valence-corrected chi connectivity index (χ3v) is 3.66. The summed E-state index contributed by atoms with van der Waals surface area (Å²) >= 11 is 0. The van der Waals surface area contributed by atoms with E-state index < -0.39 is 24.1 Å². The summed E-state index contributed by atoms with van der Waals surface area (Å²) in [5, 5.41) is 11.5. The van der Waals surface area contributed by atoms with Gasteiger partial charge in [0.15, 0.2) is 0 Å². The zero-order chi connectivity index (χ0) is 14.6. The Balaban J connectivity index is 2.48. The molecule has 1 saturated carbocycles. The van der Waals surface area contributed by atoms with Crippen molar-refractivity contribution in [2.24, 2.45) is 17.8 Å². The summed E-state index contributed by atoms with van der Waals surface area (Å²) in [5.74, 6) is -1.98. The first kappa shape index (κ1) is 15.8. The van der Waals surface area contributed by atoms with Gasteiger partial charge in [-0.25, -0.2) is 0 Å². The van der Waals surface area contributed by atoms with Crippen molar-refractivity contribution in [1.29, 1.82) is 5.26 Å². The molecule has 0 aliphatic heterocycles. The van der Waals surface area contributed by atoms with Crippen LogP contribution >= 0.6 is 0 Å². The Labute approximate surface area is 111 Å². The van der Waals surface area contributed by atoms with Gasteiger partial charge in [0, 0.05) is 5.92 Å². The van der Waals surface area contributed by atoms with Gasteiger partial charge in [-0.05, 0) is 31.6 Å². The van der Waals surface area contributed by atoms with Crippen molar-refractivity contribution < 1.29 is 18.0 Å². The van der Waals surface area contributed by atoms with E-state index in [2.05, 4.69) is 5.32 Å². The molecule has 1 N–H and O–H groups in total. The number of nitrogens with zero attached hydrogens (tertiary/aromatic N) is 1. The van der Waals surface area contributed by atoms with E-state index in [9.17, 15) is 18.0 Å².